The molecule has 7 heteroatoms. The van der Waals surface area contributed by atoms with Gasteiger partial charge >= 0.3 is 0 Å². The van der Waals surface area contributed by atoms with Crippen molar-refractivity contribution in [1.29, 1.82) is 0 Å². The van der Waals surface area contributed by atoms with Gasteiger partial charge in [-0.2, -0.15) is 0 Å². The van der Waals surface area contributed by atoms with E-state index in [0.717, 1.165) is 37.3 Å². The Bertz CT molecular complexity index is 713. The Morgan fingerprint density at radius 2 is 1.75 bits per heavy atom. The van der Waals surface area contributed by atoms with E-state index in [4.69, 9.17) is 9.47 Å². The summed E-state index contributed by atoms with van der Waals surface area (Å²) in [4.78, 5) is 2.11. The number of alkyl halides is 2. The molecule has 0 bridgehead atoms. The molecule has 0 spiro atoms. The molecule has 1 atom stereocenters. The Morgan fingerprint density at radius 1 is 1.04 bits per heavy atom. The summed E-state index contributed by atoms with van der Waals surface area (Å²) in [5, 5.41) is 3.26. The van der Waals surface area contributed by atoms with E-state index in [9.17, 15) is 8.78 Å². The summed E-state index contributed by atoms with van der Waals surface area (Å²) in [6, 6.07) is 15.0. The van der Waals surface area contributed by atoms with Gasteiger partial charge in [-0.15, -0.1) is 12.4 Å². The number of benzene rings is 2. The average molecular weight is 413 g/mol. The SMILES string of the molecule is COc1cc([C@@H](CC(F)F)N2CCNCC2)ccc1OCc1ccccc1.Cl. The zero-order valence-electron chi connectivity index (χ0n) is 15.9. The van der Waals surface area contributed by atoms with Crippen LogP contribution in [0.2, 0.25) is 0 Å². The van der Waals surface area contributed by atoms with Gasteiger partial charge in [-0.25, -0.2) is 8.78 Å². The fraction of sp³-hybridized carbons (Fsp3) is 0.429. The van der Waals surface area contributed by atoms with Gasteiger partial charge in [0.15, 0.2) is 11.5 Å². The molecule has 154 valence electrons. The molecule has 0 unspecified atom stereocenters. The van der Waals surface area contributed by atoms with Crippen LogP contribution in [-0.4, -0.2) is 44.6 Å². The van der Waals surface area contributed by atoms with E-state index in [2.05, 4.69) is 10.2 Å². The second kappa shape index (κ2) is 11.2. The zero-order chi connectivity index (χ0) is 19.1. The van der Waals surface area contributed by atoms with Crippen LogP contribution in [0.15, 0.2) is 48.5 Å². The van der Waals surface area contributed by atoms with E-state index in [-0.39, 0.29) is 24.9 Å². The van der Waals surface area contributed by atoms with E-state index < -0.39 is 6.43 Å². The lowest BCUT2D eigenvalue weighted by atomic mass is 10.0. The van der Waals surface area contributed by atoms with Crippen molar-refractivity contribution in [2.24, 2.45) is 0 Å². The van der Waals surface area contributed by atoms with Crippen molar-refractivity contribution < 1.29 is 18.3 Å². The van der Waals surface area contributed by atoms with Crippen molar-refractivity contribution in [1.82, 2.24) is 10.2 Å². The van der Waals surface area contributed by atoms with Crippen molar-refractivity contribution in [3.05, 3.63) is 59.7 Å². The van der Waals surface area contributed by atoms with Gasteiger partial charge in [-0.1, -0.05) is 36.4 Å². The molecule has 4 nitrogen and oxygen atoms in total. The quantitative estimate of drug-likeness (QED) is 0.701. The van der Waals surface area contributed by atoms with Crippen molar-refractivity contribution in [3.8, 4) is 11.5 Å². The topological polar surface area (TPSA) is 33.7 Å². The molecular weight excluding hydrogens is 386 g/mol. The summed E-state index contributed by atoms with van der Waals surface area (Å²) in [7, 11) is 1.57. The van der Waals surface area contributed by atoms with Crippen LogP contribution in [0.25, 0.3) is 0 Å². The molecule has 0 amide bonds. The first-order valence-electron chi connectivity index (χ1n) is 9.25. The number of ether oxygens (including phenoxy) is 2. The average Bonchev–Trinajstić information content (AvgIpc) is 2.71. The van der Waals surface area contributed by atoms with Crippen molar-refractivity contribution >= 4 is 12.4 Å². The first-order valence-corrected chi connectivity index (χ1v) is 9.25. The third kappa shape index (κ3) is 6.06. The maximum atomic E-state index is 13.2. The highest BCUT2D eigenvalue weighted by molar-refractivity contribution is 5.85. The second-order valence-electron chi connectivity index (χ2n) is 6.61. The van der Waals surface area contributed by atoms with Gasteiger partial charge in [0.25, 0.3) is 0 Å². The summed E-state index contributed by atoms with van der Waals surface area (Å²) in [6.07, 6.45) is -2.54. The van der Waals surface area contributed by atoms with E-state index in [1.165, 1.54) is 0 Å². The Balaban J connectivity index is 0.00000280. The molecule has 1 saturated heterocycles. The first-order chi connectivity index (χ1) is 13.2. The van der Waals surface area contributed by atoms with E-state index >= 15 is 0 Å². The summed E-state index contributed by atoms with van der Waals surface area (Å²) in [5.74, 6) is 1.18. The van der Waals surface area contributed by atoms with Gasteiger partial charge in [-0.3, -0.25) is 4.90 Å². The maximum Gasteiger partial charge on any atom is 0.240 e. The molecule has 1 N–H and O–H groups in total. The largest absolute Gasteiger partial charge is 0.493 e. The lowest BCUT2D eigenvalue weighted by Gasteiger charge is -2.35. The third-order valence-corrected chi connectivity index (χ3v) is 4.80. The van der Waals surface area contributed by atoms with Crippen LogP contribution in [0.4, 0.5) is 8.78 Å². The summed E-state index contributed by atoms with van der Waals surface area (Å²) < 4.78 is 37.7. The zero-order valence-corrected chi connectivity index (χ0v) is 16.8. The van der Waals surface area contributed by atoms with Crippen LogP contribution in [-0.2, 0) is 6.61 Å². The fourth-order valence-electron chi connectivity index (χ4n) is 3.40. The number of piperazine rings is 1. The third-order valence-electron chi connectivity index (χ3n) is 4.80. The smallest absolute Gasteiger partial charge is 0.240 e. The van der Waals surface area contributed by atoms with Crippen LogP contribution in [0.3, 0.4) is 0 Å². The van der Waals surface area contributed by atoms with Crippen LogP contribution in [0, 0.1) is 0 Å². The molecule has 1 fully saturated rings. The molecule has 3 rings (SSSR count). The number of hydrogen-bond donors (Lipinski definition) is 1. The lowest BCUT2D eigenvalue weighted by Crippen LogP contribution is -2.45. The minimum absolute atomic E-state index is 0. The first kappa shape index (κ1) is 22.4. The van der Waals surface area contributed by atoms with Crippen molar-refractivity contribution in [3.63, 3.8) is 0 Å². The molecule has 0 aromatic heterocycles. The molecule has 1 aliphatic rings. The number of nitrogens with zero attached hydrogens (tertiary/aromatic N) is 1. The second-order valence-corrected chi connectivity index (χ2v) is 6.61. The molecule has 0 radical (unpaired) electrons. The summed E-state index contributed by atoms with van der Waals surface area (Å²) in [5.41, 5.74) is 1.89. The van der Waals surface area contributed by atoms with Crippen molar-refractivity contribution in [2.45, 2.75) is 25.5 Å². The minimum Gasteiger partial charge on any atom is -0.493 e. The predicted octanol–water partition coefficient (Wildman–Crippen LogP) is 4.30. The fourth-order valence-corrected chi connectivity index (χ4v) is 3.40. The van der Waals surface area contributed by atoms with E-state index in [1.54, 1.807) is 7.11 Å². The highest BCUT2D eigenvalue weighted by Crippen LogP contribution is 2.35. The lowest BCUT2D eigenvalue weighted by molar-refractivity contribution is 0.0738. The Hall–Kier alpha value is -1.89. The maximum absolute atomic E-state index is 13.2. The number of halogens is 3. The van der Waals surface area contributed by atoms with Gasteiger partial charge in [0.2, 0.25) is 6.43 Å². The number of hydrogen-bond acceptors (Lipinski definition) is 4. The van der Waals surface area contributed by atoms with E-state index in [0.29, 0.717) is 18.1 Å². The molecule has 28 heavy (non-hydrogen) atoms. The Morgan fingerprint density at radius 3 is 2.39 bits per heavy atom. The van der Waals surface area contributed by atoms with E-state index in [1.807, 2.05) is 48.5 Å². The van der Waals surface area contributed by atoms with Gasteiger partial charge in [-0.05, 0) is 23.3 Å². The number of rotatable bonds is 8. The predicted molar refractivity (Wildman–Crippen MR) is 109 cm³/mol. The van der Waals surface area contributed by atoms with Crippen LogP contribution in [0.1, 0.15) is 23.6 Å². The van der Waals surface area contributed by atoms with Gasteiger partial charge in [0.05, 0.1) is 7.11 Å². The Kier molecular flexibility index (Phi) is 8.96. The van der Waals surface area contributed by atoms with Gasteiger partial charge in [0.1, 0.15) is 6.61 Å². The highest BCUT2D eigenvalue weighted by atomic mass is 35.5. The molecule has 1 aliphatic heterocycles. The van der Waals surface area contributed by atoms with Crippen LogP contribution >= 0.6 is 12.4 Å². The molecular formula is C21H27ClF2N2O2. The normalized spacial score (nSPS) is 15.7. The van der Waals surface area contributed by atoms with Crippen LogP contribution < -0.4 is 14.8 Å². The molecule has 2 aromatic rings. The minimum atomic E-state index is -2.36. The monoisotopic (exact) mass is 412 g/mol. The summed E-state index contributed by atoms with van der Waals surface area (Å²) in [6.45, 7) is 3.57. The number of nitrogens with one attached hydrogen (secondary N) is 1. The van der Waals surface area contributed by atoms with Gasteiger partial charge in [0, 0.05) is 38.6 Å². The standard InChI is InChI=1S/C21H26F2N2O2.ClH/c1-26-20-13-17(18(14-21(22)23)25-11-9-24-10-12-25)7-8-19(20)27-15-16-5-3-2-4-6-16;/h2-8,13,18,21,24H,9-12,14-15H2,1H3;1H/t18-;/m1./s1. The highest BCUT2D eigenvalue weighted by Gasteiger charge is 2.26. The summed E-state index contributed by atoms with van der Waals surface area (Å²) >= 11 is 0. The molecule has 1 heterocycles. The molecule has 0 aliphatic carbocycles. The molecule has 0 saturated carbocycles. The van der Waals surface area contributed by atoms with Crippen LogP contribution in [0.5, 0.6) is 11.5 Å². The molecule has 2 aromatic carbocycles. The Labute approximate surface area is 171 Å². The van der Waals surface area contributed by atoms with Gasteiger partial charge < -0.3 is 14.8 Å². The van der Waals surface area contributed by atoms with Crippen molar-refractivity contribution in [2.75, 3.05) is 33.3 Å². The number of methoxy groups -OCH3 is 1.